The summed E-state index contributed by atoms with van der Waals surface area (Å²) in [7, 11) is 0. The largest absolute Gasteiger partial charge is 0.197 e. The second kappa shape index (κ2) is 4.53. The molecule has 0 aliphatic heterocycles. The zero-order valence-electron chi connectivity index (χ0n) is 9.74. The maximum Gasteiger partial charge on any atom is 0.100 e. The van der Waals surface area contributed by atoms with Crippen LogP contribution in [0.15, 0.2) is 42.0 Å². The second-order valence-corrected chi connectivity index (χ2v) is 4.58. The third kappa shape index (κ3) is 1.88. The van der Waals surface area contributed by atoms with Gasteiger partial charge in [0.25, 0.3) is 0 Å². The minimum Gasteiger partial charge on any atom is -0.197 e. The number of nitriles is 1. The van der Waals surface area contributed by atoms with Gasteiger partial charge in [0.1, 0.15) is 5.41 Å². The lowest BCUT2D eigenvalue weighted by atomic mass is 9.73. The van der Waals surface area contributed by atoms with Crippen molar-refractivity contribution in [2.24, 2.45) is 0 Å². The van der Waals surface area contributed by atoms with Crippen molar-refractivity contribution < 1.29 is 0 Å². The molecule has 0 saturated carbocycles. The van der Waals surface area contributed by atoms with Crippen molar-refractivity contribution in [1.29, 1.82) is 5.26 Å². The lowest BCUT2D eigenvalue weighted by Crippen LogP contribution is -2.23. The molecule has 0 fully saturated rings. The Kier molecular flexibility index (Phi) is 3.10. The van der Waals surface area contributed by atoms with Gasteiger partial charge in [0.15, 0.2) is 0 Å². The average molecular weight is 211 g/mol. The number of hydrogen-bond donors (Lipinski definition) is 0. The number of hydrogen-bond acceptors (Lipinski definition) is 1. The molecule has 0 amide bonds. The highest BCUT2D eigenvalue weighted by molar-refractivity contribution is 5.42. The molecule has 1 nitrogen and oxygen atoms in total. The van der Waals surface area contributed by atoms with Gasteiger partial charge in [-0.1, -0.05) is 36.4 Å². The first-order valence-corrected chi connectivity index (χ1v) is 5.93. The lowest BCUT2D eigenvalue weighted by Gasteiger charge is -2.28. The Labute approximate surface area is 97.4 Å². The molecule has 1 aromatic carbocycles. The summed E-state index contributed by atoms with van der Waals surface area (Å²) < 4.78 is 0. The summed E-state index contributed by atoms with van der Waals surface area (Å²) in [5.74, 6) is 0. The molecular weight excluding hydrogens is 194 g/mol. The maximum absolute atomic E-state index is 9.50. The van der Waals surface area contributed by atoms with E-state index in [4.69, 9.17) is 0 Å². The molecule has 0 N–H and O–H groups in total. The molecule has 0 bridgehead atoms. The predicted molar refractivity (Wildman–Crippen MR) is 66.0 cm³/mol. The highest BCUT2D eigenvalue weighted by Crippen LogP contribution is 2.36. The molecule has 82 valence electrons. The summed E-state index contributed by atoms with van der Waals surface area (Å²) in [6, 6.07) is 12.6. The molecule has 0 saturated heterocycles. The van der Waals surface area contributed by atoms with Gasteiger partial charge < -0.3 is 0 Å². The monoisotopic (exact) mass is 211 g/mol. The number of rotatable bonds is 2. The minimum absolute atomic E-state index is 0.429. The van der Waals surface area contributed by atoms with Gasteiger partial charge in [0.2, 0.25) is 0 Å². The SMILES string of the molecule is CC(C#N)(C1=CCCCC1)c1ccccc1. The first kappa shape index (κ1) is 11.0. The Hall–Kier alpha value is -1.55. The van der Waals surface area contributed by atoms with Crippen molar-refractivity contribution >= 4 is 0 Å². The summed E-state index contributed by atoms with van der Waals surface area (Å²) in [5, 5.41) is 9.50. The first-order valence-electron chi connectivity index (χ1n) is 5.93. The highest BCUT2D eigenvalue weighted by Gasteiger charge is 2.31. The number of benzene rings is 1. The third-order valence-corrected chi connectivity index (χ3v) is 3.51. The van der Waals surface area contributed by atoms with E-state index in [0.29, 0.717) is 0 Å². The standard InChI is InChI=1S/C15H17N/c1-15(12-16,13-8-4-2-5-9-13)14-10-6-3-7-11-14/h2,4-5,8-10H,3,6-7,11H2,1H3. The molecule has 1 atom stereocenters. The van der Waals surface area contributed by atoms with Gasteiger partial charge in [-0.15, -0.1) is 0 Å². The fourth-order valence-corrected chi connectivity index (χ4v) is 2.39. The Bertz CT molecular complexity index is 424. The van der Waals surface area contributed by atoms with Gasteiger partial charge in [-0.05, 0) is 43.7 Å². The van der Waals surface area contributed by atoms with Crippen LogP contribution in [0.5, 0.6) is 0 Å². The van der Waals surface area contributed by atoms with Crippen LogP contribution in [-0.4, -0.2) is 0 Å². The number of allylic oxidation sites excluding steroid dienone is 2. The predicted octanol–water partition coefficient (Wildman–Crippen LogP) is 3.97. The molecule has 0 aromatic heterocycles. The molecule has 2 rings (SSSR count). The first-order chi connectivity index (χ1) is 7.77. The molecule has 0 radical (unpaired) electrons. The normalized spacial score (nSPS) is 19.4. The topological polar surface area (TPSA) is 23.8 Å². The zero-order valence-corrected chi connectivity index (χ0v) is 9.74. The van der Waals surface area contributed by atoms with E-state index in [9.17, 15) is 5.26 Å². The van der Waals surface area contributed by atoms with Crippen LogP contribution in [0.4, 0.5) is 0 Å². The van der Waals surface area contributed by atoms with Gasteiger partial charge >= 0.3 is 0 Å². The van der Waals surface area contributed by atoms with Crippen LogP contribution in [0.25, 0.3) is 0 Å². The summed E-state index contributed by atoms with van der Waals surface area (Å²) in [5.41, 5.74) is 1.99. The molecule has 1 aliphatic rings. The molecule has 1 heteroatoms. The summed E-state index contributed by atoms with van der Waals surface area (Å²) in [6.45, 7) is 2.04. The quantitative estimate of drug-likeness (QED) is 0.679. The van der Waals surface area contributed by atoms with Crippen LogP contribution >= 0.6 is 0 Å². The fraction of sp³-hybridized carbons (Fsp3) is 0.400. The summed E-state index contributed by atoms with van der Waals surface area (Å²) >= 11 is 0. The Morgan fingerprint density at radius 2 is 1.94 bits per heavy atom. The van der Waals surface area contributed by atoms with Crippen LogP contribution in [0.1, 0.15) is 38.2 Å². The van der Waals surface area contributed by atoms with Crippen LogP contribution < -0.4 is 0 Å². The second-order valence-electron chi connectivity index (χ2n) is 4.58. The molecule has 1 unspecified atom stereocenters. The Balaban J connectivity index is 2.40. The average Bonchev–Trinajstić information content (AvgIpc) is 2.40. The maximum atomic E-state index is 9.50. The van der Waals surface area contributed by atoms with E-state index in [1.807, 2.05) is 25.1 Å². The van der Waals surface area contributed by atoms with Gasteiger partial charge in [-0.3, -0.25) is 0 Å². The zero-order chi connectivity index (χ0) is 11.4. The van der Waals surface area contributed by atoms with Gasteiger partial charge in [0, 0.05) is 0 Å². The van der Waals surface area contributed by atoms with Crippen LogP contribution in [0.3, 0.4) is 0 Å². The smallest absolute Gasteiger partial charge is 0.100 e. The van der Waals surface area contributed by atoms with E-state index in [1.54, 1.807) is 0 Å². The van der Waals surface area contributed by atoms with E-state index in [1.165, 1.54) is 18.4 Å². The third-order valence-electron chi connectivity index (χ3n) is 3.51. The van der Waals surface area contributed by atoms with Crippen molar-refractivity contribution in [3.8, 4) is 6.07 Å². The lowest BCUT2D eigenvalue weighted by molar-refractivity contribution is 0.601. The molecule has 16 heavy (non-hydrogen) atoms. The molecule has 1 aliphatic carbocycles. The molecule has 1 aromatic rings. The highest BCUT2D eigenvalue weighted by atomic mass is 14.4. The van der Waals surface area contributed by atoms with Gasteiger partial charge in [0.05, 0.1) is 6.07 Å². The fourth-order valence-electron chi connectivity index (χ4n) is 2.39. The van der Waals surface area contributed by atoms with E-state index in [-0.39, 0.29) is 0 Å². The summed E-state index contributed by atoms with van der Waals surface area (Å²) in [4.78, 5) is 0. The Morgan fingerprint density at radius 1 is 1.19 bits per heavy atom. The van der Waals surface area contributed by atoms with Gasteiger partial charge in [-0.25, -0.2) is 0 Å². The molecule has 0 spiro atoms. The van der Waals surface area contributed by atoms with E-state index < -0.39 is 5.41 Å². The number of nitrogens with zero attached hydrogens (tertiary/aromatic N) is 1. The van der Waals surface area contributed by atoms with Crippen molar-refractivity contribution in [3.63, 3.8) is 0 Å². The van der Waals surface area contributed by atoms with E-state index in [2.05, 4.69) is 24.3 Å². The van der Waals surface area contributed by atoms with Gasteiger partial charge in [-0.2, -0.15) is 5.26 Å². The molecule has 0 heterocycles. The van der Waals surface area contributed by atoms with Crippen molar-refractivity contribution in [2.45, 2.75) is 38.0 Å². The van der Waals surface area contributed by atoms with Crippen LogP contribution in [0.2, 0.25) is 0 Å². The van der Waals surface area contributed by atoms with Crippen LogP contribution in [0, 0.1) is 11.3 Å². The van der Waals surface area contributed by atoms with Crippen molar-refractivity contribution in [1.82, 2.24) is 0 Å². The van der Waals surface area contributed by atoms with Crippen molar-refractivity contribution in [2.75, 3.05) is 0 Å². The van der Waals surface area contributed by atoms with E-state index in [0.717, 1.165) is 18.4 Å². The van der Waals surface area contributed by atoms with E-state index >= 15 is 0 Å². The summed E-state index contributed by atoms with van der Waals surface area (Å²) in [6.07, 6.45) is 6.94. The van der Waals surface area contributed by atoms with Crippen molar-refractivity contribution in [3.05, 3.63) is 47.5 Å². The Morgan fingerprint density at radius 3 is 2.50 bits per heavy atom. The molecular formula is C15H17N. The minimum atomic E-state index is -0.429. The van der Waals surface area contributed by atoms with Crippen LogP contribution in [-0.2, 0) is 5.41 Å².